The third-order valence-electron chi connectivity index (χ3n) is 4.88. The van der Waals surface area contributed by atoms with E-state index in [9.17, 15) is 4.79 Å². The summed E-state index contributed by atoms with van der Waals surface area (Å²) in [6.45, 7) is 4.38. The van der Waals surface area contributed by atoms with Crippen LogP contribution in [0.15, 0.2) is 16.8 Å². The summed E-state index contributed by atoms with van der Waals surface area (Å²) in [5.74, 6) is 1.32. The molecule has 4 rings (SSSR count). The Labute approximate surface area is 173 Å². The van der Waals surface area contributed by atoms with E-state index in [1.807, 2.05) is 19.9 Å². The van der Waals surface area contributed by atoms with E-state index in [0.29, 0.717) is 29.2 Å². The monoisotopic (exact) mass is 409 g/mol. The fraction of sp³-hybridized carbons (Fsp3) is 0.350. The number of thioether (sulfide) groups is 1. The van der Waals surface area contributed by atoms with Crippen molar-refractivity contribution in [3.8, 4) is 5.75 Å². The minimum absolute atomic E-state index is 0.0364. The first-order chi connectivity index (χ1) is 13.9. The number of aromatic nitrogens is 5. The summed E-state index contributed by atoms with van der Waals surface area (Å²) >= 11 is 1.50. The average Bonchev–Trinajstić information content (AvgIpc) is 2.93. The second-order valence-electron chi connectivity index (χ2n) is 7.07. The van der Waals surface area contributed by atoms with Crippen molar-refractivity contribution in [1.82, 2.24) is 29.6 Å². The maximum Gasteiger partial charge on any atom is 0.250 e. The van der Waals surface area contributed by atoms with E-state index < -0.39 is 0 Å². The molecule has 0 fully saturated rings. The summed E-state index contributed by atoms with van der Waals surface area (Å²) in [6, 6.07) is 0. The standard InChI is InChI=1S/C20H21N6O2S/c1-11-7-21-15(12(2)17(11)28-5)8-26-18-16-14(24-26)6-13(20(27)25(3)4)9-29-19(16)23-10-22-18/h6-7H,8-9H2,1-5H3. The Hall–Kier alpha value is -2.94. The quantitative estimate of drug-likeness (QED) is 0.611. The number of amides is 1. The van der Waals surface area contributed by atoms with Crippen molar-refractivity contribution >= 4 is 34.8 Å². The predicted octanol–water partition coefficient (Wildman–Crippen LogP) is 2.27. The Morgan fingerprint density at radius 2 is 2.14 bits per heavy atom. The van der Waals surface area contributed by atoms with Crippen molar-refractivity contribution in [2.75, 3.05) is 27.0 Å². The third kappa shape index (κ3) is 3.35. The Balaban J connectivity index is 1.82. The van der Waals surface area contributed by atoms with Crippen LogP contribution in [0.3, 0.4) is 0 Å². The van der Waals surface area contributed by atoms with E-state index >= 15 is 0 Å². The lowest BCUT2D eigenvalue weighted by Gasteiger charge is -2.13. The van der Waals surface area contributed by atoms with E-state index in [1.165, 1.54) is 11.8 Å². The molecule has 0 spiro atoms. The van der Waals surface area contributed by atoms with Gasteiger partial charge in [0.1, 0.15) is 10.8 Å². The number of ether oxygens (including phenoxy) is 1. The van der Waals surface area contributed by atoms with Crippen LogP contribution in [0.2, 0.25) is 0 Å². The predicted molar refractivity (Wildman–Crippen MR) is 111 cm³/mol. The zero-order valence-electron chi connectivity index (χ0n) is 17.0. The largest absolute Gasteiger partial charge is 0.496 e. The van der Waals surface area contributed by atoms with Gasteiger partial charge in [0.15, 0.2) is 5.65 Å². The highest BCUT2D eigenvalue weighted by atomic mass is 32.2. The van der Waals surface area contributed by atoms with E-state index in [0.717, 1.165) is 33.0 Å². The molecule has 29 heavy (non-hydrogen) atoms. The molecule has 9 heteroatoms. The van der Waals surface area contributed by atoms with Crippen LogP contribution in [-0.4, -0.2) is 62.5 Å². The first-order valence-electron chi connectivity index (χ1n) is 9.09. The van der Waals surface area contributed by atoms with Crippen LogP contribution in [0.5, 0.6) is 5.75 Å². The molecule has 0 aliphatic carbocycles. The van der Waals surface area contributed by atoms with Crippen molar-refractivity contribution in [3.63, 3.8) is 0 Å². The number of carbonyl (C=O) groups is 1. The Bertz CT molecular complexity index is 1150. The van der Waals surface area contributed by atoms with Gasteiger partial charge in [-0.3, -0.25) is 9.78 Å². The fourth-order valence-electron chi connectivity index (χ4n) is 3.42. The van der Waals surface area contributed by atoms with Gasteiger partial charge >= 0.3 is 0 Å². The highest BCUT2D eigenvalue weighted by Crippen LogP contribution is 2.34. The van der Waals surface area contributed by atoms with Crippen molar-refractivity contribution in [2.24, 2.45) is 0 Å². The molecule has 0 aromatic carbocycles. The molecule has 0 bridgehead atoms. The number of rotatable bonds is 4. The van der Waals surface area contributed by atoms with Crippen molar-refractivity contribution in [3.05, 3.63) is 40.6 Å². The van der Waals surface area contributed by atoms with Gasteiger partial charge in [0.05, 0.1) is 30.4 Å². The molecule has 0 saturated heterocycles. The van der Waals surface area contributed by atoms with Gasteiger partial charge in [-0.1, -0.05) is 0 Å². The second kappa shape index (κ2) is 7.47. The number of pyridine rings is 1. The van der Waals surface area contributed by atoms with Gasteiger partial charge in [-0.05, 0) is 19.9 Å². The summed E-state index contributed by atoms with van der Waals surface area (Å²) < 4.78 is 7.31. The van der Waals surface area contributed by atoms with Crippen LogP contribution in [0.4, 0.5) is 0 Å². The van der Waals surface area contributed by atoms with Gasteiger partial charge in [0, 0.05) is 42.7 Å². The molecule has 1 aliphatic heterocycles. The number of hydrogen-bond acceptors (Lipinski definition) is 7. The number of aryl methyl sites for hydroxylation is 1. The maximum absolute atomic E-state index is 12.5. The van der Waals surface area contributed by atoms with E-state index in [2.05, 4.69) is 21.3 Å². The fourth-order valence-corrected chi connectivity index (χ4v) is 4.36. The van der Waals surface area contributed by atoms with Gasteiger partial charge in [0.2, 0.25) is 12.2 Å². The van der Waals surface area contributed by atoms with E-state index in [-0.39, 0.29) is 5.91 Å². The Morgan fingerprint density at radius 1 is 1.34 bits per heavy atom. The molecule has 3 aromatic heterocycles. The summed E-state index contributed by atoms with van der Waals surface area (Å²) in [6.07, 6.45) is 6.36. The molecular formula is C20H21N6O2S. The van der Waals surface area contributed by atoms with Crippen LogP contribution in [0.1, 0.15) is 22.5 Å². The van der Waals surface area contributed by atoms with E-state index in [1.54, 1.807) is 37.0 Å². The van der Waals surface area contributed by atoms with Crippen LogP contribution < -0.4 is 4.74 Å². The Kier molecular flexibility index (Phi) is 4.99. The lowest BCUT2D eigenvalue weighted by molar-refractivity contribution is -0.124. The summed E-state index contributed by atoms with van der Waals surface area (Å²) in [4.78, 5) is 27.3. The SMILES string of the molecule is COc1c(C)cnc(Cn2nc3c4c(n[c]nc42)SCC(C(=O)N(C)C)=C3)c1C. The van der Waals surface area contributed by atoms with Gasteiger partial charge < -0.3 is 9.64 Å². The smallest absolute Gasteiger partial charge is 0.250 e. The third-order valence-corrected chi connectivity index (χ3v) is 5.90. The summed E-state index contributed by atoms with van der Waals surface area (Å²) in [5, 5.41) is 6.36. The minimum Gasteiger partial charge on any atom is -0.496 e. The van der Waals surface area contributed by atoms with Gasteiger partial charge in [-0.15, -0.1) is 11.8 Å². The molecule has 1 radical (unpaired) electrons. The zero-order valence-corrected chi connectivity index (χ0v) is 17.8. The maximum atomic E-state index is 12.5. The first-order valence-corrected chi connectivity index (χ1v) is 10.1. The number of likely N-dealkylation sites (N-methyl/N-ethyl adjacent to an activating group) is 1. The minimum atomic E-state index is -0.0364. The molecule has 3 aromatic rings. The molecule has 0 N–H and O–H groups in total. The molecular weight excluding hydrogens is 388 g/mol. The summed E-state index contributed by atoms with van der Waals surface area (Å²) in [5.41, 5.74) is 4.84. The molecule has 1 aliphatic rings. The molecule has 4 heterocycles. The van der Waals surface area contributed by atoms with Crippen LogP contribution in [0.25, 0.3) is 17.1 Å². The first kappa shape index (κ1) is 19.4. The second-order valence-corrected chi connectivity index (χ2v) is 8.04. The van der Waals surface area contributed by atoms with Crippen LogP contribution in [-0.2, 0) is 11.3 Å². The number of carbonyl (C=O) groups excluding carboxylic acids is 1. The number of methoxy groups -OCH3 is 1. The molecule has 0 saturated carbocycles. The average molecular weight is 409 g/mol. The Morgan fingerprint density at radius 3 is 2.86 bits per heavy atom. The van der Waals surface area contributed by atoms with Crippen LogP contribution in [0, 0.1) is 20.2 Å². The molecule has 0 atom stereocenters. The highest BCUT2D eigenvalue weighted by Gasteiger charge is 2.23. The lowest BCUT2D eigenvalue weighted by Crippen LogP contribution is -2.24. The lowest BCUT2D eigenvalue weighted by atomic mass is 10.1. The topological polar surface area (TPSA) is 86.0 Å². The zero-order chi connectivity index (χ0) is 20.7. The molecule has 0 unspecified atom stereocenters. The number of hydrogen-bond donors (Lipinski definition) is 0. The van der Waals surface area contributed by atoms with Crippen molar-refractivity contribution in [1.29, 1.82) is 0 Å². The molecule has 1 amide bonds. The van der Waals surface area contributed by atoms with Crippen molar-refractivity contribution < 1.29 is 9.53 Å². The van der Waals surface area contributed by atoms with E-state index in [4.69, 9.17) is 9.84 Å². The summed E-state index contributed by atoms with van der Waals surface area (Å²) in [7, 11) is 5.14. The number of nitrogens with zero attached hydrogens (tertiary/aromatic N) is 6. The molecule has 149 valence electrons. The van der Waals surface area contributed by atoms with Crippen LogP contribution >= 0.6 is 11.8 Å². The highest BCUT2D eigenvalue weighted by molar-refractivity contribution is 7.99. The van der Waals surface area contributed by atoms with Gasteiger partial charge in [-0.2, -0.15) is 5.10 Å². The molecule has 8 nitrogen and oxygen atoms in total. The van der Waals surface area contributed by atoms with Crippen molar-refractivity contribution in [2.45, 2.75) is 25.4 Å². The van der Waals surface area contributed by atoms with Gasteiger partial charge in [-0.25, -0.2) is 14.6 Å². The van der Waals surface area contributed by atoms with Gasteiger partial charge in [0.25, 0.3) is 0 Å². The normalized spacial score (nSPS) is 13.2.